The third-order valence-corrected chi connectivity index (χ3v) is 5.16. The van der Waals surface area contributed by atoms with Crippen LogP contribution in [0.2, 0.25) is 0 Å². The second-order valence-corrected chi connectivity index (χ2v) is 6.88. The van der Waals surface area contributed by atoms with Crippen molar-refractivity contribution in [2.75, 3.05) is 58.4 Å². The fourth-order valence-corrected chi connectivity index (χ4v) is 3.34. The molecule has 1 aromatic carbocycles. The van der Waals surface area contributed by atoms with Crippen LogP contribution in [0.1, 0.15) is 23.0 Å². The van der Waals surface area contributed by atoms with Crippen LogP contribution in [0.3, 0.4) is 0 Å². The number of carbonyl (C=O) groups is 1. The SMILES string of the molecule is CCN1CCN(c2cnc(C(=O)NCCc3ccc(OC)c(OC)c3)cn2)CC1. The van der Waals surface area contributed by atoms with Gasteiger partial charge in [0.25, 0.3) is 5.91 Å². The van der Waals surface area contributed by atoms with Gasteiger partial charge in [0.1, 0.15) is 11.5 Å². The minimum Gasteiger partial charge on any atom is -0.493 e. The molecule has 29 heavy (non-hydrogen) atoms. The van der Waals surface area contributed by atoms with E-state index in [-0.39, 0.29) is 5.91 Å². The number of carbonyl (C=O) groups excluding carboxylic acids is 1. The lowest BCUT2D eigenvalue weighted by molar-refractivity contribution is 0.0949. The first-order chi connectivity index (χ1) is 14.1. The normalized spacial score (nSPS) is 14.5. The summed E-state index contributed by atoms with van der Waals surface area (Å²) in [5.74, 6) is 1.97. The van der Waals surface area contributed by atoms with Crippen molar-refractivity contribution in [2.24, 2.45) is 0 Å². The number of aromatic nitrogens is 2. The molecule has 2 aromatic rings. The summed E-state index contributed by atoms with van der Waals surface area (Å²) < 4.78 is 10.6. The molecule has 0 aliphatic carbocycles. The van der Waals surface area contributed by atoms with Crippen LogP contribution in [0.4, 0.5) is 5.82 Å². The molecule has 2 heterocycles. The van der Waals surface area contributed by atoms with Crippen LogP contribution in [-0.2, 0) is 6.42 Å². The average Bonchev–Trinajstić information content (AvgIpc) is 2.79. The van der Waals surface area contributed by atoms with Crippen LogP contribution < -0.4 is 19.7 Å². The van der Waals surface area contributed by atoms with E-state index in [0.717, 1.165) is 44.1 Å². The Bertz CT molecular complexity index is 804. The van der Waals surface area contributed by atoms with Gasteiger partial charge in [-0.05, 0) is 30.7 Å². The standard InChI is InChI=1S/C21H29N5O3/c1-4-25-9-11-26(12-10-25)20-15-23-17(14-24-20)21(27)22-8-7-16-5-6-18(28-2)19(13-16)29-3/h5-6,13-15H,4,7-12H2,1-3H3,(H,22,27). The van der Waals surface area contributed by atoms with Crippen molar-refractivity contribution in [3.05, 3.63) is 41.9 Å². The molecule has 1 N–H and O–H groups in total. The Morgan fingerprint density at radius 3 is 2.45 bits per heavy atom. The number of rotatable bonds is 8. The summed E-state index contributed by atoms with van der Waals surface area (Å²) in [6.45, 7) is 7.65. The number of likely N-dealkylation sites (N-methyl/N-ethyl adjacent to an activating group) is 1. The summed E-state index contributed by atoms with van der Waals surface area (Å²) in [5, 5.41) is 2.89. The Morgan fingerprint density at radius 1 is 1.07 bits per heavy atom. The van der Waals surface area contributed by atoms with Crippen LogP contribution in [0.15, 0.2) is 30.6 Å². The molecule has 3 rings (SSSR count). The number of amides is 1. The highest BCUT2D eigenvalue weighted by Crippen LogP contribution is 2.27. The number of methoxy groups -OCH3 is 2. The lowest BCUT2D eigenvalue weighted by Gasteiger charge is -2.34. The zero-order valence-electron chi connectivity index (χ0n) is 17.4. The van der Waals surface area contributed by atoms with Crippen molar-refractivity contribution < 1.29 is 14.3 Å². The topological polar surface area (TPSA) is 79.8 Å². The van der Waals surface area contributed by atoms with E-state index in [0.29, 0.717) is 30.2 Å². The van der Waals surface area contributed by atoms with Crippen molar-refractivity contribution in [1.82, 2.24) is 20.2 Å². The first kappa shape index (κ1) is 20.9. The van der Waals surface area contributed by atoms with Gasteiger partial charge in [0.15, 0.2) is 11.5 Å². The maximum absolute atomic E-state index is 12.3. The Kier molecular flexibility index (Phi) is 7.24. The summed E-state index contributed by atoms with van der Waals surface area (Å²) in [4.78, 5) is 25.7. The van der Waals surface area contributed by atoms with Gasteiger partial charge >= 0.3 is 0 Å². The minimum absolute atomic E-state index is 0.222. The average molecular weight is 399 g/mol. The van der Waals surface area contributed by atoms with Gasteiger partial charge in [-0.1, -0.05) is 13.0 Å². The molecule has 0 radical (unpaired) electrons. The van der Waals surface area contributed by atoms with E-state index >= 15 is 0 Å². The number of ether oxygens (including phenoxy) is 2. The van der Waals surface area contributed by atoms with Crippen LogP contribution in [0.5, 0.6) is 11.5 Å². The molecule has 8 nitrogen and oxygen atoms in total. The number of benzene rings is 1. The van der Waals surface area contributed by atoms with Crippen LogP contribution in [0.25, 0.3) is 0 Å². The first-order valence-electron chi connectivity index (χ1n) is 9.93. The van der Waals surface area contributed by atoms with Gasteiger partial charge in [0, 0.05) is 32.7 Å². The van der Waals surface area contributed by atoms with Crippen molar-refractivity contribution in [3.8, 4) is 11.5 Å². The van der Waals surface area contributed by atoms with Gasteiger partial charge in [-0.25, -0.2) is 9.97 Å². The van der Waals surface area contributed by atoms with E-state index < -0.39 is 0 Å². The van der Waals surface area contributed by atoms with E-state index in [2.05, 4.69) is 32.0 Å². The molecule has 0 saturated carbocycles. The highest BCUT2D eigenvalue weighted by atomic mass is 16.5. The largest absolute Gasteiger partial charge is 0.493 e. The molecule has 1 fully saturated rings. The quantitative estimate of drug-likeness (QED) is 0.722. The van der Waals surface area contributed by atoms with Crippen molar-refractivity contribution in [3.63, 3.8) is 0 Å². The maximum atomic E-state index is 12.3. The number of hydrogen-bond donors (Lipinski definition) is 1. The summed E-state index contributed by atoms with van der Waals surface area (Å²) >= 11 is 0. The number of anilines is 1. The van der Waals surface area contributed by atoms with E-state index in [1.54, 1.807) is 26.6 Å². The van der Waals surface area contributed by atoms with Gasteiger partial charge < -0.3 is 24.6 Å². The molecular weight excluding hydrogens is 370 g/mol. The van der Waals surface area contributed by atoms with Crippen LogP contribution in [-0.4, -0.2) is 74.3 Å². The summed E-state index contributed by atoms with van der Waals surface area (Å²) in [6.07, 6.45) is 3.91. The Balaban J connectivity index is 1.50. The molecule has 0 atom stereocenters. The third-order valence-electron chi connectivity index (χ3n) is 5.16. The molecule has 0 unspecified atom stereocenters. The molecule has 0 bridgehead atoms. The van der Waals surface area contributed by atoms with E-state index in [4.69, 9.17) is 9.47 Å². The minimum atomic E-state index is -0.222. The summed E-state index contributed by atoms with van der Waals surface area (Å²) in [7, 11) is 3.21. The number of hydrogen-bond acceptors (Lipinski definition) is 7. The van der Waals surface area contributed by atoms with Crippen LogP contribution in [0, 0.1) is 0 Å². The predicted octanol–water partition coefficient (Wildman–Crippen LogP) is 1.61. The van der Waals surface area contributed by atoms with Crippen molar-refractivity contribution >= 4 is 11.7 Å². The van der Waals surface area contributed by atoms with E-state index in [9.17, 15) is 4.79 Å². The lowest BCUT2D eigenvalue weighted by atomic mass is 10.1. The highest BCUT2D eigenvalue weighted by Gasteiger charge is 2.17. The van der Waals surface area contributed by atoms with Gasteiger partial charge in [0.05, 0.1) is 26.6 Å². The fourth-order valence-electron chi connectivity index (χ4n) is 3.34. The van der Waals surface area contributed by atoms with Gasteiger partial charge in [0.2, 0.25) is 0 Å². The first-order valence-corrected chi connectivity index (χ1v) is 9.93. The van der Waals surface area contributed by atoms with Gasteiger partial charge in [-0.15, -0.1) is 0 Å². The predicted molar refractivity (Wildman–Crippen MR) is 112 cm³/mol. The third kappa shape index (κ3) is 5.35. The Morgan fingerprint density at radius 2 is 1.83 bits per heavy atom. The van der Waals surface area contributed by atoms with Crippen molar-refractivity contribution in [1.29, 1.82) is 0 Å². The molecule has 0 spiro atoms. The molecule has 8 heteroatoms. The second-order valence-electron chi connectivity index (χ2n) is 6.88. The van der Waals surface area contributed by atoms with E-state index in [1.807, 2.05) is 18.2 Å². The second kappa shape index (κ2) is 10.1. The molecule has 1 amide bonds. The smallest absolute Gasteiger partial charge is 0.271 e. The number of nitrogens with one attached hydrogen (secondary N) is 1. The number of piperazine rings is 1. The Labute approximate surface area is 171 Å². The van der Waals surface area contributed by atoms with Gasteiger partial charge in [-0.3, -0.25) is 4.79 Å². The van der Waals surface area contributed by atoms with E-state index in [1.165, 1.54) is 0 Å². The molecular formula is C21H29N5O3. The highest BCUT2D eigenvalue weighted by molar-refractivity contribution is 5.92. The molecule has 1 saturated heterocycles. The maximum Gasteiger partial charge on any atom is 0.271 e. The summed E-state index contributed by atoms with van der Waals surface area (Å²) in [6, 6.07) is 5.73. The molecule has 1 aromatic heterocycles. The molecule has 1 aliphatic heterocycles. The van der Waals surface area contributed by atoms with Crippen molar-refractivity contribution in [2.45, 2.75) is 13.3 Å². The van der Waals surface area contributed by atoms with Crippen LogP contribution >= 0.6 is 0 Å². The molecule has 1 aliphatic rings. The fraction of sp³-hybridized carbons (Fsp3) is 0.476. The zero-order chi connectivity index (χ0) is 20.6. The van der Waals surface area contributed by atoms with Gasteiger partial charge in [-0.2, -0.15) is 0 Å². The lowest BCUT2D eigenvalue weighted by Crippen LogP contribution is -2.46. The number of nitrogens with zero attached hydrogens (tertiary/aromatic N) is 4. The monoisotopic (exact) mass is 399 g/mol. The Hall–Kier alpha value is -2.87. The molecule has 156 valence electrons. The summed E-state index contributed by atoms with van der Waals surface area (Å²) in [5.41, 5.74) is 1.38. The zero-order valence-corrected chi connectivity index (χ0v) is 17.4.